The van der Waals surface area contributed by atoms with Crippen LogP contribution in [0.1, 0.15) is 30.0 Å². The van der Waals surface area contributed by atoms with Crippen LogP contribution in [-0.4, -0.2) is 20.6 Å². The molecular weight excluding hydrogens is 365 g/mol. The number of benzene rings is 1. The van der Waals surface area contributed by atoms with Gasteiger partial charge in [0.1, 0.15) is 12.4 Å². The molecule has 0 bridgehead atoms. The average Bonchev–Trinajstić information content (AvgIpc) is 3.02. The number of carbonyl (C=O) groups excluding carboxylic acids is 1. The Labute approximate surface area is 158 Å². The summed E-state index contributed by atoms with van der Waals surface area (Å²) in [6.07, 6.45) is 0.0736. The van der Waals surface area contributed by atoms with Crippen LogP contribution < -0.4 is 11.3 Å². The molecule has 1 aromatic carbocycles. The number of esters is 1. The van der Waals surface area contributed by atoms with E-state index in [2.05, 4.69) is 4.98 Å². The van der Waals surface area contributed by atoms with Crippen LogP contribution in [0.4, 0.5) is 10.1 Å². The van der Waals surface area contributed by atoms with Crippen molar-refractivity contribution in [1.82, 2.24) is 9.55 Å². The first-order chi connectivity index (χ1) is 13.3. The highest BCUT2D eigenvalue weighted by Gasteiger charge is 2.45. The number of nitrogens with two attached hydrogens (primary N) is 1. The van der Waals surface area contributed by atoms with Gasteiger partial charge in [-0.05, 0) is 24.6 Å². The van der Waals surface area contributed by atoms with Gasteiger partial charge in [0.25, 0.3) is 5.56 Å². The molecule has 5 rings (SSSR count). The van der Waals surface area contributed by atoms with Crippen LogP contribution in [0.15, 0.2) is 29.1 Å². The van der Waals surface area contributed by atoms with E-state index in [1.54, 1.807) is 13.0 Å². The Morgan fingerprint density at radius 1 is 1.32 bits per heavy atom. The second-order valence-corrected chi connectivity index (χ2v) is 7.17. The Hall–Kier alpha value is -3.26. The predicted octanol–water partition coefficient (Wildman–Crippen LogP) is 1.80. The number of aliphatic hydroxyl groups is 1. The Morgan fingerprint density at radius 3 is 2.86 bits per heavy atom. The van der Waals surface area contributed by atoms with Gasteiger partial charge in [-0.25, -0.2) is 14.2 Å². The number of ether oxygens (including phenoxy) is 1. The van der Waals surface area contributed by atoms with E-state index in [0.29, 0.717) is 22.3 Å². The highest BCUT2D eigenvalue weighted by molar-refractivity contribution is 5.87. The molecule has 0 fully saturated rings. The summed E-state index contributed by atoms with van der Waals surface area (Å²) >= 11 is 0. The number of aromatic nitrogens is 2. The molecule has 0 saturated carbocycles. The number of anilines is 1. The molecule has 3 aromatic rings. The quantitative estimate of drug-likeness (QED) is 0.385. The standard InChI is InChI=1S/C20H16FN3O4/c1-2-20(27)12-5-16-17-10(3-9-4-14(22)13(21)6-15(9)23-17)7-24(16)18(25)11(12)8-28-19(20)26/h3-6,27H,2,7-8,22H2,1H3/t20-/m0/s1. The highest BCUT2D eigenvalue weighted by Crippen LogP contribution is 2.38. The van der Waals surface area contributed by atoms with Crippen molar-refractivity contribution < 1.29 is 19.0 Å². The maximum Gasteiger partial charge on any atom is 0.343 e. The molecule has 142 valence electrons. The number of hydrogen-bond acceptors (Lipinski definition) is 6. The van der Waals surface area contributed by atoms with E-state index in [1.165, 1.54) is 16.7 Å². The smallest absolute Gasteiger partial charge is 0.343 e. The van der Waals surface area contributed by atoms with Crippen LogP contribution in [0.3, 0.4) is 0 Å². The molecule has 0 unspecified atom stereocenters. The summed E-state index contributed by atoms with van der Waals surface area (Å²) in [5.74, 6) is -1.34. The molecule has 1 atom stereocenters. The van der Waals surface area contributed by atoms with Crippen LogP contribution in [0.2, 0.25) is 0 Å². The molecule has 2 aromatic heterocycles. The van der Waals surface area contributed by atoms with Gasteiger partial charge in [-0.2, -0.15) is 0 Å². The van der Waals surface area contributed by atoms with E-state index in [1.807, 2.05) is 6.07 Å². The first-order valence-electron chi connectivity index (χ1n) is 8.89. The number of fused-ring (bicyclic) bond motifs is 5. The SMILES string of the molecule is CC[C@@]1(O)C(=O)OCc2c1cc1n(c2=O)Cc2cc3cc(N)c(F)cc3nc2-1. The average molecular weight is 381 g/mol. The van der Waals surface area contributed by atoms with Crippen LogP contribution in [-0.2, 0) is 28.3 Å². The zero-order valence-corrected chi connectivity index (χ0v) is 15.0. The normalized spacial score (nSPS) is 19.9. The van der Waals surface area contributed by atoms with Gasteiger partial charge in [0.15, 0.2) is 5.60 Å². The summed E-state index contributed by atoms with van der Waals surface area (Å²) in [6.45, 7) is 1.76. The van der Waals surface area contributed by atoms with Gasteiger partial charge in [0.2, 0.25) is 0 Å². The highest BCUT2D eigenvalue weighted by atomic mass is 19.1. The lowest BCUT2D eigenvalue weighted by Crippen LogP contribution is -2.44. The van der Waals surface area contributed by atoms with Crippen molar-refractivity contribution in [2.24, 2.45) is 0 Å². The monoisotopic (exact) mass is 381 g/mol. The van der Waals surface area contributed by atoms with Gasteiger partial charge in [-0.3, -0.25) is 4.79 Å². The molecule has 3 N–H and O–H groups in total. The maximum atomic E-state index is 13.9. The molecule has 2 aliphatic heterocycles. The van der Waals surface area contributed by atoms with E-state index in [-0.39, 0.29) is 41.9 Å². The van der Waals surface area contributed by atoms with Gasteiger partial charge in [0.05, 0.1) is 34.7 Å². The lowest BCUT2D eigenvalue weighted by Gasteiger charge is -2.31. The number of rotatable bonds is 1. The Balaban J connectivity index is 1.80. The minimum Gasteiger partial charge on any atom is -0.458 e. The van der Waals surface area contributed by atoms with Crippen molar-refractivity contribution in [3.05, 3.63) is 57.1 Å². The summed E-state index contributed by atoms with van der Waals surface area (Å²) in [7, 11) is 0. The number of halogens is 1. The Bertz CT molecular complexity index is 1270. The van der Waals surface area contributed by atoms with Gasteiger partial charge in [-0.1, -0.05) is 6.92 Å². The fourth-order valence-corrected chi connectivity index (χ4v) is 4.02. The van der Waals surface area contributed by atoms with Crippen molar-refractivity contribution in [1.29, 1.82) is 0 Å². The minimum atomic E-state index is -1.87. The number of pyridine rings is 2. The third-order valence-corrected chi connectivity index (χ3v) is 5.63. The Kier molecular flexibility index (Phi) is 3.25. The van der Waals surface area contributed by atoms with E-state index >= 15 is 0 Å². The first-order valence-corrected chi connectivity index (χ1v) is 8.89. The summed E-state index contributed by atoms with van der Waals surface area (Å²) in [5, 5.41) is 11.5. The van der Waals surface area contributed by atoms with Gasteiger partial charge < -0.3 is 20.1 Å². The molecule has 8 heteroatoms. The fraction of sp³-hybridized carbons (Fsp3) is 0.250. The molecule has 2 aliphatic rings. The third-order valence-electron chi connectivity index (χ3n) is 5.63. The van der Waals surface area contributed by atoms with Gasteiger partial charge >= 0.3 is 5.97 Å². The second-order valence-electron chi connectivity index (χ2n) is 7.17. The lowest BCUT2D eigenvalue weighted by atomic mass is 9.86. The minimum absolute atomic E-state index is 0.0288. The van der Waals surface area contributed by atoms with Crippen molar-refractivity contribution in [2.75, 3.05) is 5.73 Å². The zero-order valence-electron chi connectivity index (χ0n) is 15.0. The van der Waals surface area contributed by atoms with E-state index < -0.39 is 17.4 Å². The maximum absolute atomic E-state index is 13.9. The van der Waals surface area contributed by atoms with Crippen molar-refractivity contribution in [3.8, 4) is 11.4 Å². The van der Waals surface area contributed by atoms with E-state index in [0.717, 1.165) is 5.56 Å². The number of carbonyl (C=O) groups is 1. The number of nitrogens with zero attached hydrogens (tertiary/aromatic N) is 2. The number of hydrogen-bond donors (Lipinski definition) is 2. The third kappa shape index (κ3) is 2.03. The molecule has 7 nitrogen and oxygen atoms in total. The van der Waals surface area contributed by atoms with Gasteiger partial charge in [0, 0.05) is 22.6 Å². The van der Waals surface area contributed by atoms with Crippen molar-refractivity contribution in [3.63, 3.8) is 0 Å². The molecular formula is C20H16FN3O4. The molecule has 0 spiro atoms. The van der Waals surface area contributed by atoms with E-state index in [9.17, 15) is 19.1 Å². The van der Waals surface area contributed by atoms with Crippen molar-refractivity contribution >= 4 is 22.6 Å². The number of nitrogen functional groups attached to an aromatic ring is 1. The lowest BCUT2D eigenvalue weighted by molar-refractivity contribution is -0.172. The summed E-state index contributed by atoms with van der Waals surface area (Å²) in [4.78, 5) is 29.7. The van der Waals surface area contributed by atoms with Crippen LogP contribution >= 0.6 is 0 Å². The van der Waals surface area contributed by atoms with Crippen LogP contribution in [0.25, 0.3) is 22.3 Å². The molecule has 0 radical (unpaired) electrons. The summed E-state index contributed by atoms with van der Waals surface area (Å²) in [6, 6.07) is 6.21. The number of cyclic esters (lactones) is 1. The fourth-order valence-electron chi connectivity index (χ4n) is 4.02. The largest absolute Gasteiger partial charge is 0.458 e. The molecule has 0 aliphatic carbocycles. The predicted molar refractivity (Wildman–Crippen MR) is 98.9 cm³/mol. The zero-order chi connectivity index (χ0) is 19.8. The summed E-state index contributed by atoms with van der Waals surface area (Å²) < 4.78 is 20.4. The second kappa shape index (κ2) is 5.39. The van der Waals surface area contributed by atoms with Gasteiger partial charge in [-0.15, -0.1) is 0 Å². The topological polar surface area (TPSA) is 107 Å². The first kappa shape index (κ1) is 16.9. The van der Waals surface area contributed by atoms with Crippen LogP contribution in [0, 0.1) is 5.82 Å². The summed E-state index contributed by atoms with van der Waals surface area (Å²) in [5.41, 5.74) is 6.19. The Morgan fingerprint density at radius 2 is 2.11 bits per heavy atom. The molecule has 28 heavy (non-hydrogen) atoms. The van der Waals surface area contributed by atoms with E-state index in [4.69, 9.17) is 10.5 Å². The van der Waals surface area contributed by atoms with Crippen LogP contribution in [0.5, 0.6) is 0 Å². The molecule has 4 heterocycles. The van der Waals surface area contributed by atoms with Crippen molar-refractivity contribution in [2.45, 2.75) is 32.1 Å². The molecule has 0 saturated heterocycles. The molecule has 0 amide bonds.